The van der Waals surface area contributed by atoms with Gasteiger partial charge in [-0.25, -0.2) is 0 Å². The number of hydrogen-bond acceptors (Lipinski definition) is 1. The van der Waals surface area contributed by atoms with Gasteiger partial charge >= 0.3 is 0 Å². The van der Waals surface area contributed by atoms with Crippen molar-refractivity contribution in [2.75, 3.05) is 7.11 Å². The Morgan fingerprint density at radius 2 is 1.68 bits per heavy atom. The van der Waals surface area contributed by atoms with Crippen molar-refractivity contribution in [3.8, 4) is 17.6 Å². The van der Waals surface area contributed by atoms with Crippen LogP contribution in [0.3, 0.4) is 0 Å². The lowest BCUT2D eigenvalue weighted by Gasteiger charge is -1.98. The third kappa shape index (κ3) is 4.52. The first-order valence-electron chi connectivity index (χ1n) is 6.55. The molecular weight excluding hydrogens is 232 g/mol. The molecule has 0 spiro atoms. The quantitative estimate of drug-likeness (QED) is 0.587. The van der Waals surface area contributed by atoms with E-state index in [1.165, 1.54) is 5.56 Å². The minimum absolute atomic E-state index is 0.870. The maximum Gasteiger partial charge on any atom is 0.118 e. The van der Waals surface area contributed by atoms with E-state index in [4.69, 9.17) is 4.74 Å². The van der Waals surface area contributed by atoms with Crippen molar-refractivity contribution >= 4 is 0 Å². The lowest BCUT2D eigenvalue weighted by molar-refractivity contribution is 0.415. The van der Waals surface area contributed by atoms with Crippen LogP contribution in [0, 0.1) is 11.8 Å². The lowest BCUT2D eigenvalue weighted by atomic mass is 10.1. The lowest BCUT2D eigenvalue weighted by Crippen LogP contribution is -1.84. The number of methoxy groups -OCH3 is 1. The first-order chi connectivity index (χ1) is 9.38. The van der Waals surface area contributed by atoms with Gasteiger partial charge in [-0.1, -0.05) is 42.2 Å². The van der Waals surface area contributed by atoms with E-state index >= 15 is 0 Å². The molecule has 19 heavy (non-hydrogen) atoms. The number of unbranched alkanes of at least 4 members (excludes halogenated alkanes) is 1. The summed E-state index contributed by atoms with van der Waals surface area (Å²) in [6.07, 6.45) is 3.13. The molecule has 0 atom stereocenters. The smallest absolute Gasteiger partial charge is 0.118 e. The van der Waals surface area contributed by atoms with Crippen LogP contribution in [-0.4, -0.2) is 7.11 Å². The standard InChI is InChI=1S/C18H18O/c1-19-18-14-12-17(13-15-18)11-7-3-6-10-16-8-4-2-5-9-16/h2,4-5,8-9,12-15H,3,6,10H2,1H3. The SMILES string of the molecule is COc1ccc(C#CCCCc2ccccc2)cc1. The normalized spacial score (nSPS) is 9.53. The Kier molecular flexibility index (Phi) is 5.07. The first-order valence-corrected chi connectivity index (χ1v) is 6.55. The molecule has 0 saturated heterocycles. The van der Waals surface area contributed by atoms with Crippen LogP contribution in [0.2, 0.25) is 0 Å². The molecule has 0 aliphatic heterocycles. The summed E-state index contributed by atoms with van der Waals surface area (Å²) in [7, 11) is 1.67. The zero-order chi connectivity index (χ0) is 13.3. The largest absolute Gasteiger partial charge is 0.497 e. The highest BCUT2D eigenvalue weighted by atomic mass is 16.5. The summed E-state index contributed by atoms with van der Waals surface area (Å²) >= 11 is 0. The summed E-state index contributed by atoms with van der Waals surface area (Å²) in [5.41, 5.74) is 2.43. The first kappa shape index (κ1) is 13.2. The fraction of sp³-hybridized carbons (Fsp3) is 0.222. The van der Waals surface area contributed by atoms with Crippen LogP contribution < -0.4 is 4.74 Å². The summed E-state index contributed by atoms with van der Waals surface area (Å²) in [5, 5.41) is 0. The Bertz CT molecular complexity index is 544. The average molecular weight is 250 g/mol. The summed E-state index contributed by atoms with van der Waals surface area (Å²) in [5.74, 6) is 7.27. The van der Waals surface area contributed by atoms with Gasteiger partial charge in [0.15, 0.2) is 0 Å². The topological polar surface area (TPSA) is 9.23 Å². The molecule has 1 nitrogen and oxygen atoms in total. The fourth-order valence-electron chi connectivity index (χ4n) is 1.86. The van der Waals surface area contributed by atoms with Crippen LogP contribution in [-0.2, 0) is 6.42 Å². The molecule has 0 N–H and O–H groups in total. The second-order valence-corrected chi connectivity index (χ2v) is 4.37. The Labute approximate surface area is 115 Å². The van der Waals surface area contributed by atoms with Crippen LogP contribution in [0.5, 0.6) is 5.75 Å². The Hall–Kier alpha value is -2.20. The van der Waals surface area contributed by atoms with Crippen molar-refractivity contribution in [2.24, 2.45) is 0 Å². The van der Waals surface area contributed by atoms with Crippen molar-refractivity contribution in [1.82, 2.24) is 0 Å². The van der Waals surface area contributed by atoms with E-state index in [9.17, 15) is 0 Å². The summed E-state index contributed by atoms with van der Waals surface area (Å²) in [6, 6.07) is 18.4. The predicted octanol–water partition coefficient (Wildman–Crippen LogP) is 4.07. The van der Waals surface area contributed by atoms with Gasteiger partial charge in [0.25, 0.3) is 0 Å². The molecular formula is C18H18O. The molecule has 96 valence electrons. The number of benzene rings is 2. The van der Waals surface area contributed by atoms with Crippen LogP contribution in [0.25, 0.3) is 0 Å². The van der Waals surface area contributed by atoms with Crippen molar-refractivity contribution < 1.29 is 4.74 Å². The van der Waals surface area contributed by atoms with Crippen molar-refractivity contribution in [3.05, 3.63) is 65.7 Å². The van der Waals surface area contributed by atoms with Gasteiger partial charge in [0, 0.05) is 12.0 Å². The van der Waals surface area contributed by atoms with E-state index in [0.717, 1.165) is 30.6 Å². The van der Waals surface area contributed by atoms with Gasteiger partial charge < -0.3 is 4.74 Å². The number of aryl methyl sites for hydroxylation is 1. The zero-order valence-corrected chi connectivity index (χ0v) is 11.2. The molecule has 2 aromatic rings. The van der Waals surface area contributed by atoms with Gasteiger partial charge in [-0.3, -0.25) is 0 Å². The minimum Gasteiger partial charge on any atom is -0.497 e. The molecule has 0 aromatic heterocycles. The molecule has 0 radical (unpaired) electrons. The monoisotopic (exact) mass is 250 g/mol. The van der Waals surface area contributed by atoms with Gasteiger partial charge in [-0.15, -0.1) is 0 Å². The maximum atomic E-state index is 5.11. The van der Waals surface area contributed by atoms with Crippen molar-refractivity contribution in [1.29, 1.82) is 0 Å². The Balaban J connectivity index is 1.78. The number of hydrogen-bond donors (Lipinski definition) is 0. The molecule has 0 aliphatic rings. The average Bonchev–Trinajstić information content (AvgIpc) is 2.49. The molecule has 0 fully saturated rings. The zero-order valence-electron chi connectivity index (χ0n) is 11.2. The van der Waals surface area contributed by atoms with Crippen LogP contribution in [0.15, 0.2) is 54.6 Å². The number of rotatable bonds is 4. The molecule has 0 amide bonds. The van der Waals surface area contributed by atoms with E-state index < -0.39 is 0 Å². The van der Waals surface area contributed by atoms with E-state index in [1.807, 2.05) is 30.3 Å². The molecule has 1 heteroatoms. The van der Waals surface area contributed by atoms with Crippen LogP contribution in [0.1, 0.15) is 24.0 Å². The predicted molar refractivity (Wildman–Crippen MR) is 79.3 cm³/mol. The summed E-state index contributed by atoms with van der Waals surface area (Å²) in [4.78, 5) is 0. The summed E-state index contributed by atoms with van der Waals surface area (Å²) in [6.45, 7) is 0. The fourth-order valence-corrected chi connectivity index (χ4v) is 1.86. The number of ether oxygens (including phenoxy) is 1. The van der Waals surface area contributed by atoms with E-state index in [1.54, 1.807) is 7.11 Å². The van der Waals surface area contributed by atoms with Gasteiger partial charge in [0.05, 0.1) is 7.11 Å². The van der Waals surface area contributed by atoms with Gasteiger partial charge in [0.1, 0.15) is 5.75 Å². The van der Waals surface area contributed by atoms with Crippen molar-refractivity contribution in [3.63, 3.8) is 0 Å². The van der Waals surface area contributed by atoms with Crippen molar-refractivity contribution in [2.45, 2.75) is 19.3 Å². The molecule has 0 heterocycles. The Morgan fingerprint density at radius 1 is 0.947 bits per heavy atom. The minimum atomic E-state index is 0.870. The molecule has 0 unspecified atom stereocenters. The second kappa shape index (κ2) is 7.28. The second-order valence-electron chi connectivity index (χ2n) is 4.37. The molecule has 2 rings (SSSR count). The van der Waals surface area contributed by atoms with Crippen LogP contribution >= 0.6 is 0 Å². The van der Waals surface area contributed by atoms with E-state index in [2.05, 4.69) is 36.1 Å². The highest BCUT2D eigenvalue weighted by Crippen LogP contribution is 2.10. The van der Waals surface area contributed by atoms with Gasteiger partial charge in [0.2, 0.25) is 0 Å². The van der Waals surface area contributed by atoms with E-state index in [0.29, 0.717) is 0 Å². The molecule has 2 aromatic carbocycles. The van der Waals surface area contributed by atoms with Gasteiger partial charge in [-0.05, 0) is 42.7 Å². The highest BCUT2D eigenvalue weighted by molar-refractivity contribution is 5.38. The third-order valence-electron chi connectivity index (χ3n) is 2.93. The van der Waals surface area contributed by atoms with Crippen LogP contribution in [0.4, 0.5) is 0 Å². The molecule has 0 saturated carbocycles. The third-order valence-corrected chi connectivity index (χ3v) is 2.93. The molecule has 0 bridgehead atoms. The highest BCUT2D eigenvalue weighted by Gasteiger charge is 1.91. The summed E-state index contributed by atoms with van der Waals surface area (Å²) < 4.78 is 5.11. The molecule has 0 aliphatic carbocycles. The van der Waals surface area contributed by atoms with E-state index in [-0.39, 0.29) is 0 Å². The Morgan fingerprint density at radius 3 is 2.37 bits per heavy atom. The maximum absolute atomic E-state index is 5.11. The van der Waals surface area contributed by atoms with Gasteiger partial charge in [-0.2, -0.15) is 0 Å².